The van der Waals surface area contributed by atoms with Crippen molar-refractivity contribution < 1.29 is 9.47 Å². The lowest BCUT2D eigenvalue weighted by molar-refractivity contribution is 0.0605. The lowest BCUT2D eigenvalue weighted by atomic mass is 10.3. The molecule has 2 aromatic heterocycles. The zero-order valence-electron chi connectivity index (χ0n) is 15.2. The third kappa shape index (κ3) is 10.8. The van der Waals surface area contributed by atoms with Crippen molar-refractivity contribution in [2.45, 2.75) is 12.8 Å². The molecule has 0 aromatic carbocycles. The molecule has 0 radical (unpaired) electrons. The Kier molecular flexibility index (Phi) is 12.3. The molecular weight excluding hydrogens is 364 g/mol. The minimum absolute atomic E-state index is 0.680. The minimum atomic E-state index is 0.680. The van der Waals surface area contributed by atoms with Crippen molar-refractivity contribution in [3.63, 3.8) is 0 Å². The topological polar surface area (TPSA) is 44.2 Å². The number of nitrogens with zero attached hydrogens (tertiary/aromatic N) is 2. The van der Waals surface area contributed by atoms with Crippen molar-refractivity contribution in [3.8, 4) is 0 Å². The van der Waals surface area contributed by atoms with Crippen LogP contribution in [0.15, 0.2) is 48.8 Å². The van der Waals surface area contributed by atoms with Crippen LogP contribution in [-0.2, 0) is 22.3 Å². The van der Waals surface area contributed by atoms with Gasteiger partial charge in [0.1, 0.15) is 0 Å². The second-order valence-electron chi connectivity index (χ2n) is 5.59. The molecule has 0 bridgehead atoms. The molecule has 0 saturated carbocycles. The molecule has 0 amide bonds. The molecule has 0 aliphatic heterocycles. The smallest absolute Gasteiger partial charge is 0.0700 e. The Labute approximate surface area is 165 Å². The monoisotopic (exact) mass is 392 g/mol. The molecule has 0 aliphatic carbocycles. The lowest BCUT2D eigenvalue weighted by Crippen LogP contribution is -2.08. The lowest BCUT2D eigenvalue weighted by Gasteiger charge is -2.06. The summed E-state index contributed by atoms with van der Waals surface area (Å²) in [6.45, 7) is 2.93. The van der Waals surface area contributed by atoms with Crippen LogP contribution in [0.2, 0.25) is 0 Å². The van der Waals surface area contributed by atoms with E-state index in [4.69, 9.17) is 9.47 Å². The molecule has 0 spiro atoms. The van der Waals surface area contributed by atoms with Gasteiger partial charge in [-0.15, -0.1) is 0 Å². The molecule has 0 fully saturated rings. The summed E-state index contributed by atoms with van der Waals surface area (Å²) in [6, 6.07) is 12.1. The van der Waals surface area contributed by atoms with Crippen LogP contribution in [0.25, 0.3) is 0 Å². The van der Waals surface area contributed by atoms with Crippen LogP contribution in [0.5, 0.6) is 0 Å². The first-order chi connectivity index (χ1) is 12.9. The number of thioether (sulfide) groups is 2. The predicted molar refractivity (Wildman–Crippen MR) is 112 cm³/mol. The van der Waals surface area contributed by atoms with Crippen LogP contribution in [-0.4, -0.2) is 59.4 Å². The SMILES string of the molecule is c1ccc(CCSCCOCCOCCSCCc2ccccn2)nc1. The van der Waals surface area contributed by atoms with Gasteiger partial charge in [0.25, 0.3) is 0 Å². The quantitative estimate of drug-likeness (QED) is 0.430. The molecule has 2 rings (SSSR count). The number of ether oxygens (including phenoxy) is 2. The van der Waals surface area contributed by atoms with Gasteiger partial charge in [0, 0.05) is 35.3 Å². The van der Waals surface area contributed by atoms with Gasteiger partial charge in [0.15, 0.2) is 0 Å². The second-order valence-corrected chi connectivity index (χ2v) is 8.04. The van der Waals surface area contributed by atoms with E-state index in [9.17, 15) is 0 Å². The van der Waals surface area contributed by atoms with Crippen LogP contribution in [0, 0.1) is 0 Å². The highest BCUT2D eigenvalue weighted by atomic mass is 32.2. The van der Waals surface area contributed by atoms with Gasteiger partial charge in [-0.05, 0) is 48.6 Å². The summed E-state index contributed by atoms with van der Waals surface area (Å²) in [5.74, 6) is 4.23. The van der Waals surface area contributed by atoms with E-state index in [1.807, 2.05) is 60.2 Å². The van der Waals surface area contributed by atoms with Gasteiger partial charge < -0.3 is 9.47 Å². The Morgan fingerprint density at radius 2 is 1.12 bits per heavy atom. The Morgan fingerprint density at radius 1 is 0.615 bits per heavy atom. The van der Waals surface area contributed by atoms with Gasteiger partial charge in [-0.1, -0.05) is 12.1 Å². The third-order valence-corrected chi connectivity index (χ3v) is 5.47. The van der Waals surface area contributed by atoms with Gasteiger partial charge >= 0.3 is 0 Å². The minimum Gasteiger partial charge on any atom is -0.378 e. The van der Waals surface area contributed by atoms with Crippen LogP contribution < -0.4 is 0 Å². The molecule has 2 aromatic rings. The first kappa shape index (κ1) is 21.2. The van der Waals surface area contributed by atoms with E-state index in [-0.39, 0.29) is 0 Å². The highest BCUT2D eigenvalue weighted by molar-refractivity contribution is 7.99. The van der Waals surface area contributed by atoms with Crippen LogP contribution in [0.3, 0.4) is 0 Å². The van der Waals surface area contributed by atoms with Crippen molar-refractivity contribution in [2.75, 3.05) is 49.4 Å². The summed E-state index contributed by atoms with van der Waals surface area (Å²) in [7, 11) is 0. The van der Waals surface area contributed by atoms with E-state index < -0.39 is 0 Å². The van der Waals surface area contributed by atoms with Gasteiger partial charge in [-0.3, -0.25) is 9.97 Å². The number of aryl methyl sites for hydroxylation is 2. The molecule has 142 valence electrons. The first-order valence-electron chi connectivity index (χ1n) is 9.06. The number of rotatable bonds is 15. The zero-order valence-corrected chi connectivity index (χ0v) is 16.9. The van der Waals surface area contributed by atoms with Crippen molar-refractivity contribution in [3.05, 3.63) is 60.2 Å². The molecule has 4 nitrogen and oxygen atoms in total. The fraction of sp³-hybridized carbons (Fsp3) is 0.500. The maximum absolute atomic E-state index is 5.59. The largest absolute Gasteiger partial charge is 0.378 e. The van der Waals surface area contributed by atoms with Crippen molar-refractivity contribution in [1.29, 1.82) is 0 Å². The predicted octanol–water partition coefficient (Wildman–Crippen LogP) is 3.76. The number of aromatic nitrogens is 2. The molecule has 0 aliphatic rings. The normalized spacial score (nSPS) is 10.9. The standard InChI is InChI=1S/C20H28N2O2S2/c1-3-9-21-19(5-1)7-15-25-17-13-23-11-12-24-14-18-26-16-8-20-6-2-4-10-22-20/h1-6,9-10H,7-8,11-18H2. The Balaban J connectivity index is 1.28. The second kappa shape index (κ2) is 15.0. The van der Waals surface area contributed by atoms with E-state index in [0.29, 0.717) is 13.2 Å². The molecule has 0 unspecified atom stereocenters. The van der Waals surface area contributed by atoms with Crippen LogP contribution >= 0.6 is 23.5 Å². The number of hydrogen-bond donors (Lipinski definition) is 0. The average molecular weight is 393 g/mol. The first-order valence-corrected chi connectivity index (χ1v) is 11.4. The van der Waals surface area contributed by atoms with E-state index >= 15 is 0 Å². The van der Waals surface area contributed by atoms with Crippen LogP contribution in [0.1, 0.15) is 11.4 Å². The van der Waals surface area contributed by atoms with E-state index in [2.05, 4.69) is 22.1 Å². The highest BCUT2D eigenvalue weighted by Crippen LogP contribution is 2.05. The molecule has 2 heterocycles. The van der Waals surface area contributed by atoms with E-state index in [0.717, 1.165) is 60.5 Å². The fourth-order valence-corrected chi connectivity index (χ4v) is 3.79. The average Bonchev–Trinajstić information content (AvgIpc) is 2.70. The Morgan fingerprint density at radius 3 is 1.54 bits per heavy atom. The van der Waals surface area contributed by atoms with Gasteiger partial charge in [-0.25, -0.2) is 0 Å². The van der Waals surface area contributed by atoms with Gasteiger partial charge in [0.05, 0.1) is 26.4 Å². The third-order valence-electron chi connectivity index (χ3n) is 3.57. The summed E-state index contributed by atoms with van der Waals surface area (Å²) in [4.78, 5) is 8.65. The summed E-state index contributed by atoms with van der Waals surface area (Å²) >= 11 is 3.82. The Bertz CT molecular complexity index is 507. The van der Waals surface area contributed by atoms with E-state index in [1.165, 1.54) is 0 Å². The molecule has 6 heteroatoms. The van der Waals surface area contributed by atoms with Gasteiger partial charge in [-0.2, -0.15) is 23.5 Å². The van der Waals surface area contributed by atoms with Gasteiger partial charge in [0.2, 0.25) is 0 Å². The summed E-state index contributed by atoms with van der Waals surface area (Å²) in [6.07, 6.45) is 5.74. The Hall–Kier alpha value is -1.08. The fourth-order valence-electron chi connectivity index (χ4n) is 2.21. The summed E-state index contributed by atoms with van der Waals surface area (Å²) in [5, 5.41) is 0. The zero-order chi connectivity index (χ0) is 18.1. The molecule has 0 saturated heterocycles. The molecule has 26 heavy (non-hydrogen) atoms. The van der Waals surface area contributed by atoms with E-state index in [1.54, 1.807) is 0 Å². The number of hydrogen-bond acceptors (Lipinski definition) is 6. The summed E-state index contributed by atoms with van der Waals surface area (Å²) < 4.78 is 11.2. The molecule has 0 atom stereocenters. The molecule has 0 N–H and O–H groups in total. The highest BCUT2D eigenvalue weighted by Gasteiger charge is 1.96. The maximum Gasteiger partial charge on any atom is 0.0700 e. The van der Waals surface area contributed by atoms with Crippen molar-refractivity contribution in [1.82, 2.24) is 9.97 Å². The van der Waals surface area contributed by atoms with Crippen molar-refractivity contribution >= 4 is 23.5 Å². The maximum atomic E-state index is 5.59. The number of pyridine rings is 2. The van der Waals surface area contributed by atoms with Crippen LogP contribution in [0.4, 0.5) is 0 Å². The summed E-state index contributed by atoms with van der Waals surface area (Å²) in [5.41, 5.74) is 2.32. The van der Waals surface area contributed by atoms with Crippen molar-refractivity contribution in [2.24, 2.45) is 0 Å². The molecular formula is C20H28N2O2S2.